The van der Waals surface area contributed by atoms with Crippen LogP contribution in [0.4, 0.5) is 26.0 Å². The van der Waals surface area contributed by atoms with Gasteiger partial charge in [-0.3, -0.25) is 14.8 Å². The van der Waals surface area contributed by atoms with Crippen LogP contribution in [0.5, 0.6) is 0 Å². The van der Waals surface area contributed by atoms with E-state index in [0.29, 0.717) is 28.2 Å². The number of hydrogen-bond donors (Lipinski definition) is 1. The molecule has 0 saturated carbocycles. The Morgan fingerprint density at radius 3 is 2.56 bits per heavy atom. The highest BCUT2D eigenvalue weighted by molar-refractivity contribution is 6.33. The number of anilines is 2. The van der Waals surface area contributed by atoms with Crippen LogP contribution in [-0.2, 0) is 7.05 Å². The standard InChI is InChI=1S/C18H15ClF2N4O2/c1-9-6-14(21)17(15(7-9)25(26)27)22-18-16(10(2)23-24(18)3)12-5-4-11(20)8-13(12)19/h4-8,22H,1-3H3. The van der Waals surface area contributed by atoms with E-state index in [1.807, 2.05) is 0 Å². The molecule has 3 aromatic rings. The number of aryl methyl sites for hydroxylation is 3. The Hall–Kier alpha value is -3.00. The van der Waals surface area contributed by atoms with Gasteiger partial charge in [0.2, 0.25) is 0 Å². The average molecular weight is 393 g/mol. The van der Waals surface area contributed by atoms with Gasteiger partial charge in [0.25, 0.3) is 5.69 Å². The lowest BCUT2D eigenvalue weighted by atomic mass is 10.1. The van der Waals surface area contributed by atoms with E-state index in [2.05, 4.69) is 10.4 Å². The summed E-state index contributed by atoms with van der Waals surface area (Å²) in [5.74, 6) is -0.969. The number of nitrogens with zero attached hydrogens (tertiary/aromatic N) is 3. The Balaban J connectivity index is 2.20. The quantitative estimate of drug-likeness (QED) is 0.483. The third kappa shape index (κ3) is 3.48. The van der Waals surface area contributed by atoms with Crippen molar-refractivity contribution in [2.45, 2.75) is 13.8 Å². The summed E-state index contributed by atoms with van der Waals surface area (Å²) in [7, 11) is 1.61. The van der Waals surface area contributed by atoms with Crippen molar-refractivity contribution in [1.82, 2.24) is 9.78 Å². The molecule has 140 valence electrons. The number of hydrogen-bond acceptors (Lipinski definition) is 4. The average Bonchev–Trinajstić information content (AvgIpc) is 2.83. The minimum Gasteiger partial charge on any atom is -0.332 e. The molecule has 6 nitrogen and oxygen atoms in total. The molecule has 0 aliphatic rings. The summed E-state index contributed by atoms with van der Waals surface area (Å²) in [6, 6.07) is 6.35. The van der Waals surface area contributed by atoms with Crippen molar-refractivity contribution in [3.8, 4) is 11.1 Å². The summed E-state index contributed by atoms with van der Waals surface area (Å²) in [6.07, 6.45) is 0. The molecule has 2 aromatic carbocycles. The van der Waals surface area contributed by atoms with Gasteiger partial charge >= 0.3 is 0 Å². The van der Waals surface area contributed by atoms with Crippen LogP contribution in [-0.4, -0.2) is 14.7 Å². The lowest BCUT2D eigenvalue weighted by molar-refractivity contribution is -0.384. The van der Waals surface area contributed by atoms with E-state index in [9.17, 15) is 18.9 Å². The second kappa shape index (κ2) is 6.96. The summed E-state index contributed by atoms with van der Waals surface area (Å²) in [6.45, 7) is 3.28. The number of aromatic nitrogens is 2. The maximum absolute atomic E-state index is 14.5. The molecule has 1 N–H and O–H groups in total. The van der Waals surface area contributed by atoms with Gasteiger partial charge in [0.15, 0.2) is 11.5 Å². The first-order valence-electron chi connectivity index (χ1n) is 7.89. The van der Waals surface area contributed by atoms with Crippen molar-refractivity contribution in [1.29, 1.82) is 0 Å². The Morgan fingerprint density at radius 1 is 1.22 bits per heavy atom. The fourth-order valence-electron chi connectivity index (χ4n) is 2.93. The number of nitrogens with one attached hydrogen (secondary N) is 1. The first-order valence-corrected chi connectivity index (χ1v) is 8.27. The molecular weight excluding hydrogens is 378 g/mol. The van der Waals surface area contributed by atoms with Gasteiger partial charge in [-0.05, 0) is 43.7 Å². The fourth-order valence-corrected chi connectivity index (χ4v) is 3.19. The van der Waals surface area contributed by atoms with Crippen molar-refractivity contribution in [3.63, 3.8) is 0 Å². The Labute approximate surface area is 158 Å². The predicted octanol–water partition coefficient (Wildman–Crippen LogP) is 5.29. The van der Waals surface area contributed by atoms with E-state index in [4.69, 9.17) is 11.6 Å². The number of halogens is 3. The molecule has 0 saturated heterocycles. The van der Waals surface area contributed by atoms with Crippen molar-refractivity contribution in [3.05, 3.63) is 68.4 Å². The monoisotopic (exact) mass is 392 g/mol. The van der Waals surface area contributed by atoms with Crippen molar-refractivity contribution < 1.29 is 13.7 Å². The molecule has 3 rings (SSSR count). The van der Waals surface area contributed by atoms with Crippen molar-refractivity contribution >= 4 is 28.8 Å². The fraction of sp³-hybridized carbons (Fsp3) is 0.167. The smallest absolute Gasteiger partial charge is 0.296 e. The molecule has 9 heteroatoms. The maximum atomic E-state index is 14.5. The molecule has 0 atom stereocenters. The zero-order valence-corrected chi connectivity index (χ0v) is 15.4. The highest BCUT2D eigenvalue weighted by atomic mass is 35.5. The van der Waals surface area contributed by atoms with Gasteiger partial charge in [-0.1, -0.05) is 11.6 Å². The molecule has 0 amide bonds. The molecule has 1 aromatic heterocycles. The molecule has 0 aliphatic heterocycles. The minimum absolute atomic E-state index is 0.146. The van der Waals surface area contributed by atoms with Gasteiger partial charge in [0, 0.05) is 24.2 Å². The highest BCUT2D eigenvalue weighted by Crippen LogP contribution is 2.39. The van der Waals surface area contributed by atoms with Crippen molar-refractivity contribution in [2.24, 2.45) is 7.05 Å². The zero-order chi connectivity index (χ0) is 19.9. The molecule has 0 radical (unpaired) electrons. The second-order valence-corrected chi connectivity index (χ2v) is 6.49. The summed E-state index contributed by atoms with van der Waals surface area (Å²) >= 11 is 6.17. The van der Waals surface area contributed by atoms with Crippen LogP contribution in [0.15, 0.2) is 30.3 Å². The van der Waals surface area contributed by atoms with Gasteiger partial charge in [0.05, 0.1) is 15.6 Å². The molecule has 0 bridgehead atoms. The Kier molecular flexibility index (Phi) is 4.84. The molecule has 0 fully saturated rings. The van der Waals surface area contributed by atoms with Crippen LogP contribution in [0.25, 0.3) is 11.1 Å². The Morgan fingerprint density at radius 2 is 1.93 bits per heavy atom. The van der Waals surface area contributed by atoms with E-state index in [0.717, 1.165) is 6.07 Å². The van der Waals surface area contributed by atoms with Gasteiger partial charge < -0.3 is 5.32 Å². The summed E-state index contributed by atoms with van der Waals surface area (Å²) in [5.41, 5.74) is 1.25. The minimum atomic E-state index is -0.767. The summed E-state index contributed by atoms with van der Waals surface area (Å²) < 4.78 is 29.3. The first kappa shape index (κ1) is 18.8. The van der Waals surface area contributed by atoms with Crippen LogP contribution >= 0.6 is 11.6 Å². The van der Waals surface area contributed by atoms with Gasteiger partial charge in [-0.2, -0.15) is 5.10 Å². The van der Waals surface area contributed by atoms with Gasteiger partial charge in [0.1, 0.15) is 11.6 Å². The third-order valence-electron chi connectivity index (χ3n) is 4.08. The predicted molar refractivity (Wildman–Crippen MR) is 99.4 cm³/mol. The van der Waals surface area contributed by atoms with E-state index in [1.165, 1.54) is 28.9 Å². The largest absolute Gasteiger partial charge is 0.332 e. The van der Waals surface area contributed by atoms with Crippen molar-refractivity contribution in [2.75, 3.05) is 5.32 Å². The number of rotatable bonds is 4. The zero-order valence-electron chi connectivity index (χ0n) is 14.7. The number of nitro benzene ring substituents is 1. The summed E-state index contributed by atoms with van der Waals surface area (Å²) in [4.78, 5) is 10.7. The summed E-state index contributed by atoms with van der Waals surface area (Å²) in [5, 5.41) is 18.6. The first-order chi connectivity index (χ1) is 12.7. The SMILES string of the molecule is Cc1cc(F)c(Nc2c(-c3ccc(F)cc3Cl)c(C)nn2C)c([N+](=O)[O-])c1. The van der Waals surface area contributed by atoms with Crippen LogP contribution in [0, 0.1) is 35.6 Å². The highest BCUT2D eigenvalue weighted by Gasteiger charge is 2.24. The lowest BCUT2D eigenvalue weighted by Gasteiger charge is -2.13. The van der Waals surface area contributed by atoms with Crippen LogP contribution in [0.3, 0.4) is 0 Å². The molecular formula is C18H15ClF2N4O2. The van der Waals surface area contributed by atoms with E-state index in [1.54, 1.807) is 20.9 Å². The van der Waals surface area contributed by atoms with Gasteiger partial charge in [-0.25, -0.2) is 8.78 Å². The molecule has 27 heavy (non-hydrogen) atoms. The lowest BCUT2D eigenvalue weighted by Crippen LogP contribution is -2.05. The van der Waals surface area contributed by atoms with E-state index in [-0.39, 0.29) is 10.7 Å². The van der Waals surface area contributed by atoms with E-state index >= 15 is 0 Å². The normalized spacial score (nSPS) is 10.9. The van der Waals surface area contributed by atoms with E-state index < -0.39 is 22.2 Å². The molecule has 0 aliphatic carbocycles. The third-order valence-corrected chi connectivity index (χ3v) is 4.39. The second-order valence-electron chi connectivity index (χ2n) is 6.08. The van der Waals surface area contributed by atoms with Crippen LogP contribution in [0.1, 0.15) is 11.3 Å². The number of benzene rings is 2. The van der Waals surface area contributed by atoms with Crippen LogP contribution in [0.2, 0.25) is 5.02 Å². The van der Waals surface area contributed by atoms with Crippen LogP contribution < -0.4 is 5.32 Å². The van der Waals surface area contributed by atoms with Gasteiger partial charge in [-0.15, -0.1) is 0 Å². The Bertz CT molecular complexity index is 1070. The molecule has 0 spiro atoms. The molecule has 1 heterocycles. The molecule has 0 unspecified atom stereocenters. The maximum Gasteiger partial charge on any atom is 0.296 e. The topological polar surface area (TPSA) is 73.0 Å². The number of nitro groups is 1.